The fraction of sp³-hybridized carbons (Fsp3) is 0.467. The van der Waals surface area contributed by atoms with E-state index in [9.17, 15) is 4.79 Å². The van der Waals surface area contributed by atoms with Crippen LogP contribution < -0.4 is 5.32 Å². The first-order valence-electron chi connectivity index (χ1n) is 6.64. The van der Waals surface area contributed by atoms with Crippen molar-refractivity contribution in [3.8, 4) is 6.07 Å². The van der Waals surface area contributed by atoms with Crippen LogP contribution >= 0.6 is 0 Å². The van der Waals surface area contributed by atoms with Crippen molar-refractivity contribution in [1.82, 2.24) is 0 Å². The number of carbonyl (C=O) groups is 1. The Balaban J connectivity index is 2.22. The maximum atomic E-state index is 11.6. The predicted octanol–water partition coefficient (Wildman–Crippen LogP) is 3.09. The van der Waals surface area contributed by atoms with Crippen molar-refractivity contribution >= 4 is 11.6 Å². The fourth-order valence-corrected chi connectivity index (χ4v) is 1.61. The normalized spacial score (nSPS) is 9.89. The van der Waals surface area contributed by atoms with Crippen LogP contribution in [0.4, 0.5) is 5.69 Å². The van der Waals surface area contributed by atoms with Crippen LogP contribution in [0, 0.1) is 11.3 Å². The van der Waals surface area contributed by atoms with Crippen molar-refractivity contribution in [2.24, 2.45) is 0 Å². The number of unbranched alkanes of at least 4 members (excludes halogenated alkanes) is 2. The Kier molecular flexibility index (Phi) is 7.30. The van der Waals surface area contributed by atoms with Gasteiger partial charge in [0.05, 0.1) is 24.7 Å². The SMILES string of the molecule is CCCCCOCCC(=O)Nc1cccc(C#N)c1. The van der Waals surface area contributed by atoms with E-state index in [1.165, 1.54) is 6.42 Å². The highest BCUT2D eigenvalue weighted by Crippen LogP contribution is 2.09. The molecule has 1 rings (SSSR count). The zero-order chi connectivity index (χ0) is 13.9. The van der Waals surface area contributed by atoms with Crippen LogP contribution in [0.15, 0.2) is 24.3 Å². The van der Waals surface area contributed by atoms with Gasteiger partial charge in [-0.25, -0.2) is 0 Å². The molecule has 102 valence electrons. The third-order valence-corrected chi connectivity index (χ3v) is 2.64. The molecule has 4 nitrogen and oxygen atoms in total. The molecular formula is C15H20N2O2. The highest BCUT2D eigenvalue weighted by atomic mass is 16.5. The summed E-state index contributed by atoms with van der Waals surface area (Å²) in [6.07, 6.45) is 3.71. The number of carbonyl (C=O) groups excluding carboxylic acids is 1. The number of rotatable bonds is 8. The molecule has 0 saturated carbocycles. The molecule has 0 aliphatic heterocycles. The lowest BCUT2D eigenvalue weighted by molar-refractivity contribution is -0.117. The van der Waals surface area contributed by atoms with Crippen LogP contribution in [0.2, 0.25) is 0 Å². The smallest absolute Gasteiger partial charge is 0.226 e. The topological polar surface area (TPSA) is 62.1 Å². The van der Waals surface area contributed by atoms with Gasteiger partial charge in [-0.15, -0.1) is 0 Å². The van der Waals surface area contributed by atoms with Crippen LogP contribution in [0.1, 0.15) is 38.2 Å². The summed E-state index contributed by atoms with van der Waals surface area (Å²) in [7, 11) is 0. The second kappa shape index (κ2) is 9.12. The summed E-state index contributed by atoms with van der Waals surface area (Å²) in [4.78, 5) is 11.6. The second-order valence-corrected chi connectivity index (χ2v) is 4.31. The lowest BCUT2D eigenvalue weighted by atomic mass is 10.2. The quantitative estimate of drug-likeness (QED) is 0.730. The Morgan fingerprint density at radius 2 is 2.21 bits per heavy atom. The first kappa shape index (κ1) is 15.2. The van der Waals surface area contributed by atoms with E-state index in [1.807, 2.05) is 6.07 Å². The first-order valence-corrected chi connectivity index (χ1v) is 6.64. The van der Waals surface area contributed by atoms with Crippen LogP contribution in [0.5, 0.6) is 0 Å². The van der Waals surface area contributed by atoms with Crippen LogP contribution in [0.25, 0.3) is 0 Å². The summed E-state index contributed by atoms with van der Waals surface area (Å²) < 4.78 is 5.38. The Hall–Kier alpha value is -1.86. The molecule has 0 aromatic heterocycles. The summed E-state index contributed by atoms with van der Waals surface area (Å²) >= 11 is 0. The van der Waals surface area contributed by atoms with E-state index in [1.54, 1.807) is 24.3 Å². The molecule has 0 aliphatic rings. The lowest BCUT2D eigenvalue weighted by Crippen LogP contribution is -2.14. The van der Waals surface area contributed by atoms with Crippen molar-refractivity contribution in [2.75, 3.05) is 18.5 Å². The Morgan fingerprint density at radius 1 is 1.37 bits per heavy atom. The molecule has 0 fully saturated rings. The molecule has 0 radical (unpaired) electrons. The Labute approximate surface area is 114 Å². The molecule has 1 aromatic carbocycles. The number of hydrogen-bond donors (Lipinski definition) is 1. The minimum absolute atomic E-state index is 0.0921. The standard InChI is InChI=1S/C15H20N2O2/c1-2-3-4-9-19-10-8-15(18)17-14-7-5-6-13(11-14)12-16/h5-7,11H,2-4,8-10H2,1H3,(H,17,18). The minimum atomic E-state index is -0.0921. The molecular weight excluding hydrogens is 240 g/mol. The van der Waals surface area contributed by atoms with Gasteiger partial charge in [-0.05, 0) is 24.6 Å². The van der Waals surface area contributed by atoms with Gasteiger partial charge in [-0.1, -0.05) is 25.8 Å². The summed E-state index contributed by atoms with van der Waals surface area (Å²) in [5, 5.41) is 11.5. The first-order chi connectivity index (χ1) is 9.26. The van der Waals surface area contributed by atoms with Gasteiger partial charge in [0, 0.05) is 12.3 Å². The van der Waals surface area contributed by atoms with Crippen molar-refractivity contribution in [1.29, 1.82) is 5.26 Å². The van der Waals surface area contributed by atoms with E-state index in [4.69, 9.17) is 10.00 Å². The van der Waals surface area contributed by atoms with Gasteiger partial charge in [0.25, 0.3) is 0 Å². The summed E-state index contributed by atoms with van der Waals surface area (Å²) in [5.74, 6) is -0.0921. The molecule has 1 aromatic rings. The molecule has 1 N–H and O–H groups in total. The molecule has 0 unspecified atom stereocenters. The van der Waals surface area contributed by atoms with E-state index in [0.29, 0.717) is 30.9 Å². The van der Waals surface area contributed by atoms with Gasteiger partial charge in [-0.2, -0.15) is 5.26 Å². The van der Waals surface area contributed by atoms with Gasteiger partial charge in [0.1, 0.15) is 0 Å². The number of ether oxygens (including phenoxy) is 1. The molecule has 1 amide bonds. The van der Waals surface area contributed by atoms with Crippen molar-refractivity contribution < 1.29 is 9.53 Å². The number of nitrogens with one attached hydrogen (secondary N) is 1. The number of benzene rings is 1. The summed E-state index contributed by atoms with van der Waals surface area (Å²) in [6, 6.07) is 8.90. The molecule has 0 aliphatic carbocycles. The zero-order valence-electron chi connectivity index (χ0n) is 11.3. The Morgan fingerprint density at radius 3 is 2.95 bits per heavy atom. The van der Waals surface area contributed by atoms with E-state index in [2.05, 4.69) is 12.2 Å². The molecule has 0 atom stereocenters. The number of anilines is 1. The van der Waals surface area contributed by atoms with Gasteiger partial charge in [0.15, 0.2) is 0 Å². The Bertz CT molecular complexity index is 438. The van der Waals surface area contributed by atoms with E-state index in [0.717, 1.165) is 12.8 Å². The van der Waals surface area contributed by atoms with Crippen LogP contribution in [-0.4, -0.2) is 19.1 Å². The number of nitriles is 1. The van der Waals surface area contributed by atoms with E-state index in [-0.39, 0.29) is 5.91 Å². The molecule has 0 bridgehead atoms. The number of hydrogen-bond acceptors (Lipinski definition) is 3. The summed E-state index contributed by atoms with van der Waals surface area (Å²) in [6.45, 7) is 3.29. The highest BCUT2D eigenvalue weighted by Gasteiger charge is 2.02. The average Bonchev–Trinajstić information content (AvgIpc) is 2.43. The third kappa shape index (κ3) is 6.58. The maximum Gasteiger partial charge on any atom is 0.226 e. The molecule has 19 heavy (non-hydrogen) atoms. The summed E-state index contributed by atoms with van der Waals surface area (Å²) in [5.41, 5.74) is 1.18. The number of nitrogens with zero attached hydrogens (tertiary/aromatic N) is 1. The minimum Gasteiger partial charge on any atom is -0.381 e. The van der Waals surface area contributed by atoms with E-state index >= 15 is 0 Å². The number of amides is 1. The van der Waals surface area contributed by atoms with E-state index < -0.39 is 0 Å². The molecule has 4 heteroatoms. The lowest BCUT2D eigenvalue weighted by Gasteiger charge is -2.06. The van der Waals surface area contributed by atoms with Crippen molar-refractivity contribution in [2.45, 2.75) is 32.6 Å². The van der Waals surface area contributed by atoms with Crippen molar-refractivity contribution in [3.63, 3.8) is 0 Å². The largest absolute Gasteiger partial charge is 0.381 e. The van der Waals surface area contributed by atoms with Gasteiger partial charge < -0.3 is 10.1 Å². The fourth-order valence-electron chi connectivity index (χ4n) is 1.61. The van der Waals surface area contributed by atoms with Crippen LogP contribution in [-0.2, 0) is 9.53 Å². The zero-order valence-corrected chi connectivity index (χ0v) is 11.3. The second-order valence-electron chi connectivity index (χ2n) is 4.31. The molecule has 0 saturated heterocycles. The highest BCUT2D eigenvalue weighted by molar-refractivity contribution is 5.90. The van der Waals surface area contributed by atoms with Gasteiger partial charge in [-0.3, -0.25) is 4.79 Å². The van der Waals surface area contributed by atoms with Gasteiger partial charge >= 0.3 is 0 Å². The molecule has 0 spiro atoms. The van der Waals surface area contributed by atoms with Gasteiger partial charge in [0.2, 0.25) is 5.91 Å². The monoisotopic (exact) mass is 260 g/mol. The van der Waals surface area contributed by atoms with Crippen LogP contribution in [0.3, 0.4) is 0 Å². The molecule has 0 heterocycles. The predicted molar refractivity (Wildman–Crippen MR) is 74.7 cm³/mol. The van der Waals surface area contributed by atoms with Crippen molar-refractivity contribution in [3.05, 3.63) is 29.8 Å². The average molecular weight is 260 g/mol. The maximum absolute atomic E-state index is 11.6. The third-order valence-electron chi connectivity index (χ3n) is 2.64.